The van der Waals surface area contributed by atoms with Crippen LogP contribution < -0.4 is 9.64 Å². The van der Waals surface area contributed by atoms with Crippen molar-refractivity contribution in [3.8, 4) is 5.75 Å². The summed E-state index contributed by atoms with van der Waals surface area (Å²) >= 11 is 5.80. The van der Waals surface area contributed by atoms with E-state index in [0.717, 1.165) is 0 Å². The van der Waals surface area contributed by atoms with Gasteiger partial charge < -0.3 is 14.6 Å². The fraction of sp³-hybridized carbons (Fsp3) is 0.211. The lowest BCUT2D eigenvalue weighted by molar-refractivity contribution is -0.142. The number of carboxylic acids is 1. The molecule has 2 rings (SSSR count). The van der Waals surface area contributed by atoms with Gasteiger partial charge in [-0.3, -0.25) is 14.5 Å². The van der Waals surface area contributed by atoms with Crippen LogP contribution >= 0.6 is 11.6 Å². The molecule has 0 radical (unpaired) electrons. The minimum absolute atomic E-state index is 0.00407. The van der Waals surface area contributed by atoms with E-state index in [1.165, 1.54) is 23.1 Å². The third-order valence-electron chi connectivity index (χ3n) is 3.48. The molecular weight excluding hydrogens is 374 g/mol. The molecule has 7 nitrogen and oxygen atoms in total. The topological polar surface area (TPSA) is 93.1 Å². The number of benzene rings is 2. The number of para-hydroxylation sites is 1. The molecule has 1 amide bonds. The van der Waals surface area contributed by atoms with Gasteiger partial charge in [0.15, 0.2) is 6.61 Å². The summed E-state index contributed by atoms with van der Waals surface area (Å²) in [7, 11) is 0. The fourth-order valence-electron chi connectivity index (χ4n) is 2.28. The quantitative estimate of drug-likeness (QED) is 0.695. The number of aromatic carboxylic acids is 1. The van der Waals surface area contributed by atoms with Gasteiger partial charge in [0.1, 0.15) is 17.9 Å². The van der Waals surface area contributed by atoms with E-state index in [4.69, 9.17) is 21.1 Å². The molecule has 0 saturated heterocycles. The highest BCUT2D eigenvalue weighted by atomic mass is 35.5. The van der Waals surface area contributed by atoms with Crippen LogP contribution in [-0.2, 0) is 14.3 Å². The molecule has 0 spiro atoms. The average Bonchev–Trinajstić information content (AvgIpc) is 2.65. The van der Waals surface area contributed by atoms with E-state index in [-0.39, 0.29) is 29.5 Å². The van der Waals surface area contributed by atoms with Gasteiger partial charge in [-0.25, -0.2) is 4.79 Å². The lowest BCUT2D eigenvalue weighted by Gasteiger charge is -2.22. The minimum Gasteiger partial charge on any atom is -0.483 e. The second kappa shape index (κ2) is 9.59. The van der Waals surface area contributed by atoms with Gasteiger partial charge in [0.25, 0.3) is 5.91 Å². The predicted octanol–water partition coefficient (Wildman–Crippen LogP) is 3.01. The molecule has 0 aliphatic rings. The monoisotopic (exact) mass is 391 g/mol. The van der Waals surface area contributed by atoms with Crippen LogP contribution in [0, 0.1) is 0 Å². The summed E-state index contributed by atoms with van der Waals surface area (Å²) < 4.78 is 10.3. The zero-order valence-electron chi connectivity index (χ0n) is 14.6. The maximum absolute atomic E-state index is 12.6. The van der Waals surface area contributed by atoms with E-state index in [2.05, 4.69) is 0 Å². The molecule has 0 atom stereocenters. The molecule has 0 aliphatic heterocycles. The van der Waals surface area contributed by atoms with E-state index < -0.39 is 24.5 Å². The number of halogens is 1. The summed E-state index contributed by atoms with van der Waals surface area (Å²) in [6.07, 6.45) is 0. The maximum Gasteiger partial charge on any atom is 0.339 e. The molecule has 0 bridgehead atoms. The number of rotatable bonds is 8. The minimum atomic E-state index is -1.23. The number of esters is 1. The van der Waals surface area contributed by atoms with E-state index in [1.807, 2.05) is 0 Å². The molecule has 0 aliphatic carbocycles. The molecule has 142 valence electrons. The Balaban J connectivity index is 2.17. The fourth-order valence-corrected chi connectivity index (χ4v) is 2.45. The molecule has 0 heterocycles. The number of hydrogen-bond acceptors (Lipinski definition) is 5. The molecule has 0 saturated carbocycles. The predicted molar refractivity (Wildman–Crippen MR) is 99.3 cm³/mol. The van der Waals surface area contributed by atoms with Crippen molar-refractivity contribution in [3.63, 3.8) is 0 Å². The first-order valence-electron chi connectivity index (χ1n) is 8.09. The molecule has 8 heteroatoms. The summed E-state index contributed by atoms with van der Waals surface area (Å²) in [6.45, 7) is 1.12. The SMILES string of the molecule is CCOC(=O)CN(C(=O)COc1ccc(Cl)cc1C(=O)O)c1ccccc1. The zero-order valence-corrected chi connectivity index (χ0v) is 15.3. The zero-order chi connectivity index (χ0) is 19.8. The first-order chi connectivity index (χ1) is 12.9. The number of anilines is 1. The number of hydrogen-bond donors (Lipinski definition) is 1. The third kappa shape index (κ3) is 5.72. The van der Waals surface area contributed by atoms with Crippen molar-refractivity contribution >= 4 is 35.1 Å². The summed E-state index contributed by atoms with van der Waals surface area (Å²) in [5, 5.41) is 9.46. The Morgan fingerprint density at radius 2 is 1.81 bits per heavy atom. The van der Waals surface area contributed by atoms with Crippen molar-refractivity contribution < 1.29 is 29.0 Å². The van der Waals surface area contributed by atoms with E-state index in [0.29, 0.717) is 5.69 Å². The van der Waals surface area contributed by atoms with Gasteiger partial charge in [0.05, 0.1) is 6.61 Å². The molecule has 2 aromatic rings. The Morgan fingerprint density at radius 3 is 2.44 bits per heavy atom. The van der Waals surface area contributed by atoms with E-state index >= 15 is 0 Å². The van der Waals surface area contributed by atoms with Crippen LogP contribution in [0.4, 0.5) is 5.69 Å². The number of amides is 1. The lowest BCUT2D eigenvalue weighted by Crippen LogP contribution is -2.39. The molecule has 2 aromatic carbocycles. The number of ether oxygens (including phenoxy) is 2. The average molecular weight is 392 g/mol. The Hall–Kier alpha value is -3.06. The highest BCUT2D eigenvalue weighted by molar-refractivity contribution is 6.31. The van der Waals surface area contributed by atoms with Gasteiger partial charge in [0.2, 0.25) is 0 Å². The number of nitrogens with zero attached hydrogens (tertiary/aromatic N) is 1. The van der Waals surface area contributed by atoms with Crippen LogP contribution in [-0.4, -0.2) is 42.7 Å². The molecule has 0 aromatic heterocycles. The molecular formula is C19H18ClNO6. The highest BCUT2D eigenvalue weighted by Gasteiger charge is 2.21. The van der Waals surface area contributed by atoms with Gasteiger partial charge in [-0.2, -0.15) is 0 Å². The number of carboxylic acid groups (broad SMARTS) is 1. The molecule has 0 unspecified atom stereocenters. The molecule has 1 N–H and O–H groups in total. The second-order valence-corrected chi connectivity index (χ2v) is 5.79. The van der Waals surface area contributed by atoms with Gasteiger partial charge in [0, 0.05) is 10.7 Å². The van der Waals surface area contributed by atoms with Gasteiger partial charge >= 0.3 is 11.9 Å². The molecule has 27 heavy (non-hydrogen) atoms. The van der Waals surface area contributed by atoms with Crippen molar-refractivity contribution in [3.05, 3.63) is 59.1 Å². The van der Waals surface area contributed by atoms with Crippen molar-refractivity contribution in [1.29, 1.82) is 0 Å². The highest BCUT2D eigenvalue weighted by Crippen LogP contribution is 2.23. The Labute approximate surface area is 161 Å². The number of carbonyl (C=O) groups excluding carboxylic acids is 2. The van der Waals surface area contributed by atoms with Crippen molar-refractivity contribution in [2.24, 2.45) is 0 Å². The van der Waals surface area contributed by atoms with Crippen molar-refractivity contribution in [2.75, 3.05) is 24.7 Å². The van der Waals surface area contributed by atoms with Crippen LogP contribution in [0.3, 0.4) is 0 Å². The van der Waals surface area contributed by atoms with Crippen LogP contribution in [0.5, 0.6) is 5.75 Å². The van der Waals surface area contributed by atoms with Gasteiger partial charge in [-0.1, -0.05) is 29.8 Å². The first-order valence-corrected chi connectivity index (χ1v) is 8.46. The summed E-state index contributed by atoms with van der Waals surface area (Å²) in [6, 6.07) is 12.6. The third-order valence-corrected chi connectivity index (χ3v) is 3.72. The van der Waals surface area contributed by atoms with Crippen LogP contribution in [0.2, 0.25) is 5.02 Å². The lowest BCUT2D eigenvalue weighted by atomic mass is 10.2. The van der Waals surface area contributed by atoms with Crippen LogP contribution in [0.15, 0.2) is 48.5 Å². The normalized spacial score (nSPS) is 10.1. The van der Waals surface area contributed by atoms with E-state index in [1.54, 1.807) is 37.3 Å². The number of carbonyl (C=O) groups is 3. The Bertz CT molecular complexity index is 824. The van der Waals surface area contributed by atoms with Crippen LogP contribution in [0.1, 0.15) is 17.3 Å². The van der Waals surface area contributed by atoms with Crippen molar-refractivity contribution in [2.45, 2.75) is 6.92 Å². The largest absolute Gasteiger partial charge is 0.483 e. The molecule has 0 fully saturated rings. The Kier molecular flexibility index (Phi) is 7.19. The summed E-state index contributed by atoms with van der Waals surface area (Å²) in [5.41, 5.74) is 0.334. The summed E-state index contributed by atoms with van der Waals surface area (Å²) in [5.74, 6) is -2.32. The first kappa shape index (κ1) is 20.3. The van der Waals surface area contributed by atoms with Gasteiger partial charge in [-0.05, 0) is 37.3 Å². The van der Waals surface area contributed by atoms with E-state index in [9.17, 15) is 19.5 Å². The standard InChI is InChI=1S/C19H18ClNO6/c1-2-26-18(23)11-21(14-6-4-3-5-7-14)17(22)12-27-16-9-8-13(20)10-15(16)19(24)25/h3-10H,2,11-12H2,1H3,(H,24,25). The maximum atomic E-state index is 12.6. The van der Waals surface area contributed by atoms with Crippen molar-refractivity contribution in [1.82, 2.24) is 0 Å². The summed E-state index contributed by atoms with van der Waals surface area (Å²) in [4.78, 5) is 37.0. The smallest absolute Gasteiger partial charge is 0.339 e. The Morgan fingerprint density at radius 1 is 1.11 bits per heavy atom. The second-order valence-electron chi connectivity index (χ2n) is 5.35. The van der Waals surface area contributed by atoms with Gasteiger partial charge in [-0.15, -0.1) is 0 Å². The van der Waals surface area contributed by atoms with Crippen LogP contribution in [0.25, 0.3) is 0 Å².